The maximum Gasteiger partial charge on any atom is 0.267 e. The molecule has 0 bridgehead atoms. The van der Waals surface area contributed by atoms with Crippen molar-refractivity contribution in [2.75, 3.05) is 19.0 Å². The highest BCUT2D eigenvalue weighted by atomic mass is 16.2. The van der Waals surface area contributed by atoms with Crippen molar-refractivity contribution >= 4 is 11.7 Å². The monoisotopic (exact) mass is 327 g/mol. The smallest absolute Gasteiger partial charge is 0.267 e. The van der Waals surface area contributed by atoms with Gasteiger partial charge in [0.15, 0.2) is 0 Å². The number of rotatable bonds is 6. The van der Waals surface area contributed by atoms with E-state index in [2.05, 4.69) is 15.4 Å². The minimum absolute atomic E-state index is 0.0645. The van der Waals surface area contributed by atoms with Gasteiger partial charge in [0.05, 0.1) is 5.69 Å². The summed E-state index contributed by atoms with van der Waals surface area (Å²) in [7, 11) is 3.82. The Hall–Kier alpha value is -2.70. The zero-order valence-corrected chi connectivity index (χ0v) is 13.9. The van der Waals surface area contributed by atoms with Crippen LogP contribution in [0.25, 0.3) is 0 Å². The second-order valence-corrected chi connectivity index (χ2v) is 6.22. The molecule has 1 aliphatic rings. The molecular formula is C17H21N5O2. The van der Waals surface area contributed by atoms with Gasteiger partial charge in [0.25, 0.3) is 5.56 Å². The van der Waals surface area contributed by atoms with Crippen LogP contribution in [0, 0.1) is 0 Å². The molecule has 0 unspecified atom stereocenters. The summed E-state index contributed by atoms with van der Waals surface area (Å²) >= 11 is 0. The van der Waals surface area contributed by atoms with E-state index in [-0.39, 0.29) is 18.0 Å². The predicted octanol–water partition coefficient (Wildman–Crippen LogP) is 0.898. The first kappa shape index (κ1) is 16.2. The van der Waals surface area contributed by atoms with Crippen molar-refractivity contribution < 1.29 is 4.79 Å². The number of carbonyl (C=O) groups is 1. The molecule has 3 rings (SSSR count). The lowest BCUT2D eigenvalue weighted by Gasteiger charge is -2.12. The zero-order chi connectivity index (χ0) is 17.1. The topological polar surface area (TPSA) is 80.1 Å². The van der Waals surface area contributed by atoms with E-state index in [9.17, 15) is 9.59 Å². The third-order valence-electron chi connectivity index (χ3n) is 3.93. The number of hydrogen-bond donors (Lipinski definition) is 1. The summed E-state index contributed by atoms with van der Waals surface area (Å²) in [6.07, 6.45) is 3.92. The van der Waals surface area contributed by atoms with E-state index < -0.39 is 0 Å². The summed E-state index contributed by atoms with van der Waals surface area (Å²) in [6, 6.07) is 7.01. The van der Waals surface area contributed by atoms with E-state index in [4.69, 9.17) is 0 Å². The Morgan fingerprint density at radius 3 is 2.83 bits per heavy atom. The SMILES string of the molecule is CN(C)c1cc(CNC(=O)Cn2nc(C3CC3)ccc2=O)ccn1. The number of hydrogen-bond acceptors (Lipinski definition) is 5. The van der Waals surface area contributed by atoms with Crippen LogP contribution in [0.2, 0.25) is 0 Å². The first-order valence-corrected chi connectivity index (χ1v) is 8.00. The number of nitrogens with one attached hydrogen (secondary N) is 1. The zero-order valence-electron chi connectivity index (χ0n) is 13.9. The highest BCUT2D eigenvalue weighted by Gasteiger charge is 2.25. The van der Waals surface area contributed by atoms with E-state index in [1.165, 1.54) is 10.7 Å². The summed E-state index contributed by atoms with van der Waals surface area (Å²) in [6.45, 7) is 0.324. The number of aromatic nitrogens is 3. The van der Waals surface area contributed by atoms with Gasteiger partial charge in [0.1, 0.15) is 12.4 Å². The molecule has 7 heteroatoms. The summed E-state index contributed by atoms with van der Waals surface area (Å²) in [5.74, 6) is 1.04. The van der Waals surface area contributed by atoms with Crippen LogP contribution in [0.1, 0.15) is 30.0 Å². The fraction of sp³-hybridized carbons (Fsp3) is 0.412. The van der Waals surface area contributed by atoms with Gasteiger partial charge in [-0.05, 0) is 36.6 Å². The van der Waals surface area contributed by atoms with Gasteiger partial charge in [0.2, 0.25) is 5.91 Å². The second-order valence-electron chi connectivity index (χ2n) is 6.22. The normalized spacial score (nSPS) is 13.6. The molecule has 24 heavy (non-hydrogen) atoms. The van der Waals surface area contributed by atoms with Crippen LogP contribution >= 0.6 is 0 Å². The first-order chi connectivity index (χ1) is 11.5. The van der Waals surface area contributed by atoms with Gasteiger partial charge in [-0.1, -0.05) is 0 Å². The van der Waals surface area contributed by atoms with E-state index in [1.807, 2.05) is 31.1 Å². The summed E-state index contributed by atoms with van der Waals surface area (Å²) in [4.78, 5) is 30.1. The Morgan fingerprint density at radius 1 is 1.33 bits per heavy atom. The van der Waals surface area contributed by atoms with Crippen molar-refractivity contribution in [3.63, 3.8) is 0 Å². The molecule has 2 aromatic heterocycles. The molecule has 0 atom stereocenters. The quantitative estimate of drug-likeness (QED) is 0.852. The minimum Gasteiger partial charge on any atom is -0.363 e. The Kier molecular flexibility index (Phi) is 4.59. The van der Waals surface area contributed by atoms with Gasteiger partial charge in [-0.15, -0.1) is 0 Å². The van der Waals surface area contributed by atoms with E-state index in [0.717, 1.165) is 29.9 Å². The fourth-order valence-electron chi connectivity index (χ4n) is 2.38. The first-order valence-electron chi connectivity index (χ1n) is 8.00. The van der Waals surface area contributed by atoms with Gasteiger partial charge in [0, 0.05) is 38.8 Å². The molecule has 1 saturated carbocycles. The second kappa shape index (κ2) is 6.82. The van der Waals surface area contributed by atoms with Crippen molar-refractivity contribution in [1.82, 2.24) is 20.1 Å². The van der Waals surface area contributed by atoms with Crippen molar-refractivity contribution in [2.45, 2.75) is 31.8 Å². The molecule has 0 aromatic carbocycles. The average molecular weight is 327 g/mol. The highest BCUT2D eigenvalue weighted by molar-refractivity contribution is 5.75. The Balaban J connectivity index is 1.61. The largest absolute Gasteiger partial charge is 0.363 e. The Labute approximate surface area is 140 Å². The highest BCUT2D eigenvalue weighted by Crippen LogP contribution is 2.38. The molecule has 126 valence electrons. The van der Waals surface area contributed by atoms with Crippen LogP contribution < -0.4 is 15.8 Å². The number of carbonyl (C=O) groups excluding carboxylic acids is 1. The molecule has 2 aromatic rings. The number of pyridine rings is 1. The molecule has 2 heterocycles. The van der Waals surface area contributed by atoms with Gasteiger partial charge in [-0.3, -0.25) is 9.59 Å². The van der Waals surface area contributed by atoms with Crippen molar-refractivity contribution in [3.8, 4) is 0 Å². The molecule has 1 aliphatic carbocycles. The lowest BCUT2D eigenvalue weighted by atomic mass is 10.2. The molecular weight excluding hydrogens is 306 g/mol. The Morgan fingerprint density at radius 2 is 2.12 bits per heavy atom. The number of amides is 1. The van der Waals surface area contributed by atoms with Crippen LogP contribution in [-0.4, -0.2) is 34.8 Å². The fourth-order valence-corrected chi connectivity index (χ4v) is 2.38. The number of anilines is 1. The molecule has 1 amide bonds. The van der Waals surface area contributed by atoms with Crippen molar-refractivity contribution in [1.29, 1.82) is 0 Å². The standard InChI is InChI=1S/C17H21N5O2/c1-21(2)15-9-12(7-8-18-15)10-19-16(23)11-22-17(24)6-5-14(20-22)13-3-4-13/h5-9,13H,3-4,10-11H2,1-2H3,(H,19,23). The van der Waals surface area contributed by atoms with Gasteiger partial charge < -0.3 is 10.2 Å². The summed E-state index contributed by atoms with van der Waals surface area (Å²) in [5.41, 5.74) is 1.59. The average Bonchev–Trinajstić information content (AvgIpc) is 3.40. The van der Waals surface area contributed by atoms with Crippen LogP contribution in [0.3, 0.4) is 0 Å². The number of nitrogens with zero attached hydrogens (tertiary/aromatic N) is 4. The van der Waals surface area contributed by atoms with Gasteiger partial charge in [-0.25, -0.2) is 9.67 Å². The molecule has 0 aliphatic heterocycles. The predicted molar refractivity (Wildman–Crippen MR) is 90.9 cm³/mol. The van der Waals surface area contributed by atoms with Gasteiger partial charge in [-0.2, -0.15) is 5.10 Å². The molecule has 1 N–H and O–H groups in total. The maximum absolute atomic E-state index is 12.1. The third kappa shape index (κ3) is 3.98. The molecule has 0 radical (unpaired) electrons. The maximum atomic E-state index is 12.1. The van der Waals surface area contributed by atoms with Crippen LogP contribution in [0.5, 0.6) is 0 Å². The van der Waals surface area contributed by atoms with E-state index >= 15 is 0 Å². The lowest BCUT2D eigenvalue weighted by Crippen LogP contribution is -2.33. The lowest BCUT2D eigenvalue weighted by molar-refractivity contribution is -0.122. The van der Waals surface area contributed by atoms with Gasteiger partial charge >= 0.3 is 0 Å². The summed E-state index contributed by atoms with van der Waals surface area (Å²) < 4.78 is 1.24. The van der Waals surface area contributed by atoms with Crippen molar-refractivity contribution in [3.05, 3.63) is 52.1 Å². The van der Waals surface area contributed by atoms with E-state index in [0.29, 0.717) is 12.5 Å². The molecule has 1 fully saturated rings. The van der Waals surface area contributed by atoms with Crippen LogP contribution in [0.15, 0.2) is 35.3 Å². The molecule has 0 spiro atoms. The summed E-state index contributed by atoms with van der Waals surface area (Å²) in [5, 5.41) is 7.11. The molecule has 7 nitrogen and oxygen atoms in total. The minimum atomic E-state index is -0.256. The Bertz CT molecular complexity index is 796. The van der Waals surface area contributed by atoms with Crippen LogP contribution in [-0.2, 0) is 17.9 Å². The van der Waals surface area contributed by atoms with E-state index in [1.54, 1.807) is 12.3 Å². The van der Waals surface area contributed by atoms with Crippen LogP contribution in [0.4, 0.5) is 5.82 Å². The van der Waals surface area contributed by atoms with Crippen molar-refractivity contribution in [2.24, 2.45) is 0 Å². The third-order valence-corrected chi connectivity index (χ3v) is 3.93. The molecule has 0 saturated heterocycles.